The summed E-state index contributed by atoms with van der Waals surface area (Å²) in [6.07, 6.45) is 13.7. The highest BCUT2D eigenvalue weighted by atomic mass is 19.2. The number of rotatable bonds is 4. The van der Waals surface area contributed by atoms with E-state index in [-0.39, 0.29) is 12.3 Å². The lowest BCUT2D eigenvalue weighted by atomic mass is 9.72. The highest BCUT2D eigenvalue weighted by molar-refractivity contribution is 5.30. The largest absolute Gasteiger partial charge is 0.325 e. The molecular formula is C23H24F2N2O2. The molecule has 2 aliphatic carbocycles. The van der Waals surface area contributed by atoms with Crippen molar-refractivity contribution in [2.45, 2.75) is 44.4 Å². The van der Waals surface area contributed by atoms with Crippen molar-refractivity contribution in [3.8, 4) is 0 Å². The zero-order valence-electron chi connectivity index (χ0n) is 16.1. The SMILES string of the molecule is O=c1[nH]c(C2CCC(C3C=CC=CC3)CC2)c(Cc2ccc(F)c(F)c2)c(=O)[nH]1. The molecule has 1 atom stereocenters. The molecule has 152 valence electrons. The third-order valence-electron chi connectivity index (χ3n) is 6.24. The van der Waals surface area contributed by atoms with E-state index in [9.17, 15) is 18.4 Å². The third kappa shape index (κ3) is 4.31. The molecule has 1 heterocycles. The summed E-state index contributed by atoms with van der Waals surface area (Å²) in [7, 11) is 0. The number of hydrogen-bond donors (Lipinski definition) is 2. The number of benzene rings is 1. The van der Waals surface area contributed by atoms with Crippen LogP contribution in [0.2, 0.25) is 0 Å². The van der Waals surface area contributed by atoms with Crippen molar-refractivity contribution < 1.29 is 8.78 Å². The molecule has 0 bridgehead atoms. The van der Waals surface area contributed by atoms with Crippen LogP contribution in [0.1, 0.15) is 54.8 Å². The monoisotopic (exact) mass is 398 g/mol. The molecule has 2 aromatic rings. The number of aromatic amines is 2. The Morgan fingerprint density at radius 1 is 0.966 bits per heavy atom. The summed E-state index contributed by atoms with van der Waals surface area (Å²) in [6.45, 7) is 0. The first-order chi connectivity index (χ1) is 14.0. The maximum Gasteiger partial charge on any atom is 0.325 e. The van der Waals surface area contributed by atoms with E-state index in [0.717, 1.165) is 44.2 Å². The van der Waals surface area contributed by atoms with E-state index < -0.39 is 22.9 Å². The van der Waals surface area contributed by atoms with Crippen molar-refractivity contribution in [3.05, 3.63) is 91.8 Å². The van der Waals surface area contributed by atoms with Crippen molar-refractivity contribution in [2.75, 3.05) is 0 Å². The van der Waals surface area contributed by atoms with Gasteiger partial charge in [0.2, 0.25) is 0 Å². The smallest absolute Gasteiger partial charge is 0.311 e. The molecule has 2 N–H and O–H groups in total. The van der Waals surface area contributed by atoms with Crippen LogP contribution in [0.5, 0.6) is 0 Å². The zero-order chi connectivity index (χ0) is 20.4. The molecule has 6 heteroatoms. The van der Waals surface area contributed by atoms with Crippen LogP contribution in [0.25, 0.3) is 0 Å². The number of aromatic nitrogens is 2. The molecule has 4 nitrogen and oxygen atoms in total. The van der Waals surface area contributed by atoms with E-state index in [4.69, 9.17) is 0 Å². The lowest BCUT2D eigenvalue weighted by molar-refractivity contribution is 0.262. The van der Waals surface area contributed by atoms with E-state index in [1.807, 2.05) is 0 Å². The van der Waals surface area contributed by atoms with Gasteiger partial charge in [0, 0.05) is 17.7 Å². The summed E-state index contributed by atoms with van der Waals surface area (Å²) < 4.78 is 26.8. The molecule has 0 spiro atoms. The van der Waals surface area contributed by atoms with Gasteiger partial charge in [-0.1, -0.05) is 30.4 Å². The van der Waals surface area contributed by atoms with E-state index in [2.05, 4.69) is 34.3 Å². The summed E-state index contributed by atoms with van der Waals surface area (Å²) in [5.74, 6) is -0.615. The average Bonchev–Trinajstić information content (AvgIpc) is 2.73. The van der Waals surface area contributed by atoms with Crippen LogP contribution in [-0.2, 0) is 6.42 Å². The van der Waals surface area contributed by atoms with Crippen LogP contribution in [0.15, 0.2) is 52.1 Å². The van der Waals surface area contributed by atoms with Gasteiger partial charge < -0.3 is 4.98 Å². The molecule has 1 aromatic carbocycles. The lowest BCUT2D eigenvalue weighted by Crippen LogP contribution is -2.31. The molecule has 1 saturated carbocycles. The standard InChI is InChI=1S/C23H24F2N2O2/c24-19-11-6-14(13-20(19)25)12-18-21(26-23(29)27-22(18)28)17-9-7-16(8-10-17)15-4-2-1-3-5-15/h1-4,6,11,13,15-17H,5,7-10,12H2,(H2,26,27,28,29). The average molecular weight is 398 g/mol. The van der Waals surface area contributed by atoms with Gasteiger partial charge in [-0.25, -0.2) is 13.6 Å². The molecular weight excluding hydrogens is 374 g/mol. The van der Waals surface area contributed by atoms with Crippen LogP contribution in [-0.4, -0.2) is 9.97 Å². The van der Waals surface area contributed by atoms with Gasteiger partial charge in [-0.05, 0) is 67.6 Å². The predicted octanol–water partition coefficient (Wildman–Crippen LogP) is 4.34. The van der Waals surface area contributed by atoms with E-state index >= 15 is 0 Å². The van der Waals surface area contributed by atoms with Gasteiger partial charge in [0.05, 0.1) is 0 Å². The third-order valence-corrected chi connectivity index (χ3v) is 6.24. The molecule has 1 aromatic heterocycles. The molecule has 4 rings (SSSR count). The minimum absolute atomic E-state index is 0.0876. The zero-order valence-corrected chi connectivity index (χ0v) is 16.1. The van der Waals surface area contributed by atoms with Crippen LogP contribution in [0, 0.1) is 23.5 Å². The lowest BCUT2D eigenvalue weighted by Gasteiger charge is -2.33. The van der Waals surface area contributed by atoms with E-state index in [1.165, 1.54) is 6.07 Å². The highest BCUT2D eigenvalue weighted by Crippen LogP contribution is 2.40. The summed E-state index contributed by atoms with van der Waals surface area (Å²) in [5, 5.41) is 0. The Morgan fingerprint density at radius 2 is 1.76 bits per heavy atom. The second-order valence-electron chi connectivity index (χ2n) is 8.05. The number of allylic oxidation sites excluding steroid dienone is 4. The van der Waals surface area contributed by atoms with E-state index in [1.54, 1.807) is 0 Å². The fourth-order valence-electron chi connectivity index (χ4n) is 4.69. The van der Waals surface area contributed by atoms with Crippen LogP contribution >= 0.6 is 0 Å². The van der Waals surface area contributed by atoms with Crippen molar-refractivity contribution >= 4 is 0 Å². The Balaban J connectivity index is 1.56. The minimum atomic E-state index is -0.944. The normalized spacial score (nSPS) is 24.0. The fourth-order valence-corrected chi connectivity index (χ4v) is 4.69. The molecule has 1 unspecified atom stereocenters. The topological polar surface area (TPSA) is 65.7 Å². The molecule has 0 radical (unpaired) electrons. The first-order valence-corrected chi connectivity index (χ1v) is 10.1. The van der Waals surface area contributed by atoms with Crippen molar-refractivity contribution in [1.29, 1.82) is 0 Å². The maximum absolute atomic E-state index is 13.6. The number of nitrogens with one attached hydrogen (secondary N) is 2. The van der Waals surface area contributed by atoms with Crippen LogP contribution in [0.4, 0.5) is 8.78 Å². The maximum atomic E-state index is 13.6. The van der Waals surface area contributed by atoms with Crippen molar-refractivity contribution in [1.82, 2.24) is 9.97 Å². The van der Waals surface area contributed by atoms with Gasteiger partial charge >= 0.3 is 5.69 Å². The Bertz CT molecular complexity index is 1060. The highest BCUT2D eigenvalue weighted by Gasteiger charge is 2.29. The number of hydrogen-bond acceptors (Lipinski definition) is 2. The van der Waals surface area contributed by atoms with Gasteiger partial charge in [0.15, 0.2) is 11.6 Å². The number of halogens is 2. The molecule has 0 amide bonds. The van der Waals surface area contributed by atoms with Gasteiger partial charge in [0.1, 0.15) is 0 Å². The van der Waals surface area contributed by atoms with Gasteiger partial charge in [0.25, 0.3) is 5.56 Å². The minimum Gasteiger partial charge on any atom is -0.311 e. The predicted molar refractivity (Wildman–Crippen MR) is 108 cm³/mol. The van der Waals surface area contributed by atoms with Gasteiger partial charge in [-0.15, -0.1) is 0 Å². The fraction of sp³-hybridized carbons (Fsp3) is 0.391. The second-order valence-corrected chi connectivity index (χ2v) is 8.05. The van der Waals surface area contributed by atoms with Gasteiger partial charge in [-0.2, -0.15) is 0 Å². The summed E-state index contributed by atoms with van der Waals surface area (Å²) in [4.78, 5) is 29.5. The van der Waals surface area contributed by atoms with Crippen molar-refractivity contribution in [3.63, 3.8) is 0 Å². The first-order valence-electron chi connectivity index (χ1n) is 10.1. The second kappa shape index (κ2) is 8.31. The Hall–Kier alpha value is -2.76. The van der Waals surface area contributed by atoms with Crippen LogP contribution < -0.4 is 11.2 Å². The summed E-state index contributed by atoms with van der Waals surface area (Å²) >= 11 is 0. The Morgan fingerprint density at radius 3 is 2.45 bits per heavy atom. The summed E-state index contributed by atoms with van der Waals surface area (Å²) in [6, 6.07) is 3.62. The molecule has 1 fully saturated rings. The Labute approximate surface area is 167 Å². The molecule has 0 aliphatic heterocycles. The molecule has 0 saturated heterocycles. The quantitative estimate of drug-likeness (QED) is 0.805. The van der Waals surface area contributed by atoms with Crippen molar-refractivity contribution in [2.24, 2.45) is 11.8 Å². The number of H-pyrrole nitrogens is 2. The van der Waals surface area contributed by atoms with Gasteiger partial charge in [-0.3, -0.25) is 9.78 Å². The van der Waals surface area contributed by atoms with E-state index in [0.29, 0.717) is 28.7 Å². The molecule has 29 heavy (non-hydrogen) atoms. The summed E-state index contributed by atoms with van der Waals surface area (Å²) in [5.41, 5.74) is 0.577. The molecule has 2 aliphatic rings. The Kier molecular flexibility index (Phi) is 5.60. The van der Waals surface area contributed by atoms with Crippen LogP contribution in [0.3, 0.4) is 0 Å². The first kappa shape index (κ1) is 19.6.